The molecule has 154 valence electrons. The lowest BCUT2D eigenvalue weighted by Crippen LogP contribution is -2.49. The molecule has 3 aliphatic rings. The molecule has 2 fully saturated rings. The average molecular weight is 393 g/mol. The van der Waals surface area contributed by atoms with Crippen molar-refractivity contribution in [2.45, 2.75) is 25.3 Å². The van der Waals surface area contributed by atoms with Gasteiger partial charge in [0.15, 0.2) is 0 Å². The van der Waals surface area contributed by atoms with E-state index >= 15 is 0 Å². The Morgan fingerprint density at radius 3 is 2.41 bits per heavy atom. The van der Waals surface area contributed by atoms with E-state index in [-0.39, 0.29) is 5.56 Å². The van der Waals surface area contributed by atoms with Gasteiger partial charge in [0.05, 0.1) is 0 Å². The second kappa shape index (κ2) is 8.33. The van der Waals surface area contributed by atoms with Crippen LogP contribution in [0.4, 0.5) is 5.69 Å². The highest BCUT2D eigenvalue weighted by Gasteiger charge is 2.34. The van der Waals surface area contributed by atoms with Crippen molar-refractivity contribution in [1.82, 2.24) is 14.4 Å². The van der Waals surface area contributed by atoms with E-state index in [1.807, 2.05) is 10.6 Å². The number of para-hydroxylation sites is 1. The summed E-state index contributed by atoms with van der Waals surface area (Å²) in [7, 11) is 0. The number of hydrogen-bond donors (Lipinski definition) is 0. The first-order valence-corrected chi connectivity index (χ1v) is 11.2. The number of hydrogen-bond acceptors (Lipinski definition) is 4. The normalized spacial score (nSPS) is 25.0. The Bertz CT molecular complexity index is 872. The summed E-state index contributed by atoms with van der Waals surface area (Å²) in [6.45, 7) is 10.1. The largest absolute Gasteiger partial charge is 0.369 e. The van der Waals surface area contributed by atoms with Gasteiger partial charge in [-0.1, -0.05) is 24.3 Å². The van der Waals surface area contributed by atoms with E-state index in [0.717, 1.165) is 45.8 Å². The van der Waals surface area contributed by atoms with Gasteiger partial charge in [0.25, 0.3) is 5.56 Å². The lowest BCUT2D eigenvalue weighted by Gasteiger charge is -2.43. The molecule has 0 radical (unpaired) electrons. The van der Waals surface area contributed by atoms with Crippen molar-refractivity contribution in [1.29, 1.82) is 0 Å². The Kier molecular flexibility index (Phi) is 5.42. The van der Waals surface area contributed by atoms with Crippen LogP contribution in [-0.4, -0.2) is 66.7 Å². The summed E-state index contributed by atoms with van der Waals surface area (Å²) in [5.41, 5.74) is 2.79. The summed E-state index contributed by atoms with van der Waals surface area (Å²) >= 11 is 0. The number of benzene rings is 1. The van der Waals surface area contributed by atoms with Crippen molar-refractivity contribution in [3.05, 3.63) is 64.6 Å². The van der Waals surface area contributed by atoms with Gasteiger partial charge in [0.1, 0.15) is 0 Å². The third-order valence-electron chi connectivity index (χ3n) is 7.00. The molecule has 2 atom stereocenters. The second-order valence-corrected chi connectivity index (χ2v) is 8.98. The van der Waals surface area contributed by atoms with Crippen LogP contribution in [0.15, 0.2) is 53.3 Å². The maximum atomic E-state index is 12.2. The third kappa shape index (κ3) is 4.12. The van der Waals surface area contributed by atoms with Gasteiger partial charge in [-0.05, 0) is 50.0 Å². The quantitative estimate of drug-likeness (QED) is 0.783. The summed E-state index contributed by atoms with van der Waals surface area (Å²) in [6, 6.07) is 16.6. The second-order valence-electron chi connectivity index (χ2n) is 8.98. The lowest BCUT2D eigenvalue weighted by molar-refractivity contribution is 0.114. The number of rotatable bonds is 5. The van der Waals surface area contributed by atoms with Crippen molar-refractivity contribution in [2.24, 2.45) is 5.92 Å². The molecule has 0 amide bonds. The zero-order valence-corrected chi connectivity index (χ0v) is 17.2. The first kappa shape index (κ1) is 18.9. The van der Waals surface area contributed by atoms with Gasteiger partial charge in [-0.25, -0.2) is 0 Å². The van der Waals surface area contributed by atoms with Gasteiger partial charge in [-0.15, -0.1) is 0 Å². The monoisotopic (exact) mass is 392 g/mol. The number of nitrogens with zero attached hydrogens (tertiary/aromatic N) is 4. The first-order valence-electron chi connectivity index (χ1n) is 11.2. The van der Waals surface area contributed by atoms with Gasteiger partial charge in [0.2, 0.25) is 0 Å². The molecular weight excluding hydrogens is 360 g/mol. The predicted octanol–water partition coefficient (Wildman–Crippen LogP) is 2.48. The molecule has 1 aromatic carbocycles. The van der Waals surface area contributed by atoms with Crippen LogP contribution in [0, 0.1) is 5.92 Å². The zero-order valence-electron chi connectivity index (χ0n) is 17.2. The molecule has 0 aliphatic carbocycles. The Morgan fingerprint density at radius 2 is 1.59 bits per heavy atom. The number of anilines is 1. The number of piperazine rings is 1. The minimum atomic E-state index is 0.181. The third-order valence-corrected chi connectivity index (χ3v) is 7.00. The molecule has 5 nitrogen and oxygen atoms in total. The van der Waals surface area contributed by atoms with Crippen molar-refractivity contribution in [3.63, 3.8) is 0 Å². The van der Waals surface area contributed by atoms with Crippen molar-refractivity contribution < 1.29 is 0 Å². The number of aromatic nitrogens is 1. The van der Waals surface area contributed by atoms with E-state index in [4.69, 9.17) is 0 Å². The molecule has 4 heterocycles. The molecule has 3 aliphatic heterocycles. The van der Waals surface area contributed by atoms with E-state index in [1.54, 1.807) is 6.07 Å². The first-order chi connectivity index (χ1) is 14.3. The molecule has 2 saturated heterocycles. The number of likely N-dealkylation sites (tertiary alicyclic amines) is 1. The molecule has 2 bridgehead atoms. The van der Waals surface area contributed by atoms with Gasteiger partial charge >= 0.3 is 0 Å². The topological polar surface area (TPSA) is 31.7 Å². The van der Waals surface area contributed by atoms with Crippen LogP contribution in [0.25, 0.3) is 0 Å². The van der Waals surface area contributed by atoms with Crippen LogP contribution < -0.4 is 10.5 Å². The van der Waals surface area contributed by atoms with Crippen LogP contribution in [0.5, 0.6) is 0 Å². The van der Waals surface area contributed by atoms with E-state index in [9.17, 15) is 4.79 Å². The van der Waals surface area contributed by atoms with Gasteiger partial charge in [0, 0.05) is 69.2 Å². The molecule has 1 aromatic heterocycles. The van der Waals surface area contributed by atoms with E-state index in [2.05, 4.69) is 51.1 Å². The highest BCUT2D eigenvalue weighted by molar-refractivity contribution is 5.46. The summed E-state index contributed by atoms with van der Waals surface area (Å²) < 4.78 is 2.03. The summed E-state index contributed by atoms with van der Waals surface area (Å²) in [5.74, 6) is 1.17. The lowest BCUT2D eigenvalue weighted by atomic mass is 9.83. The fourth-order valence-electron chi connectivity index (χ4n) is 5.56. The smallest absolute Gasteiger partial charge is 0.250 e. The molecule has 0 saturated carbocycles. The van der Waals surface area contributed by atoms with Gasteiger partial charge in [-0.3, -0.25) is 9.69 Å². The summed E-state index contributed by atoms with van der Waals surface area (Å²) in [5, 5.41) is 0. The average Bonchev–Trinajstić information content (AvgIpc) is 2.76. The molecule has 2 unspecified atom stereocenters. The molecule has 0 spiro atoms. The molecule has 0 N–H and O–H groups in total. The van der Waals surface area contributed by atoms with Crippen LogP contribution in [0.2, 0.25) is 0 Å². The van der Waals surface area contributed by atoms with Crippen LogP contribution in [0.3, 0.4) is 0 Å². The van der Waals surface area contributed by atoms with Crippen LogP contribution in [0.1, 0.15) is 24.5 Å². The summed E-state index contributed by atoms with van der Waals surface area (Å²) in [4.78, 5) is 20.0. The van der Waals surface area contributed by atoms with E-state index < -0.39 is 0 Å². The van der Waals surface area contributed by atoms with Gasteiger partial charge in [-0.2, -0.15) is 0 Å². The van der Waals surface area contributed by atoms with Crippen LogP contribution in [-0.2, 0) is 6.54 Å². The predicted molar refractivity (Wildman–Crippen MR) is 118 cm³/mol. The minimum absolute atomic E-state index is 0.181. The highest BCUT2D eigenvalue weighted by Crippen LogP contribution is 2.34. The zero-order chi connectivity index (χ0) is 19.6. The Hall–Kier alpha value is -2.11. The Labute approximate surface area is 173 Å². The van der Waals surface area contributed by atoms with Crippen molar-refractivity contribution >= 4 is 5.69 Å². The number of fused-ring (bicyclic) bond motifs is 4. The standard InChI is InChI=1S/C24H32N4O/c29-24-9-4-8-23-21-16-20(18-28(23)24)17-26(19-21)11-5-10-25-12-14-27(15-13-25)22-6-2-1-3-7-22/h1-4,6-9,20-21H,5,10-19H2. The van der Waals surface area contributed by atoms with Crippen LogP contribution >= 0.6 is 0 Å². The van der Waals surface area contributed by atoms with Crippen molar-refractivity contribution in [3.8, 4) is 0 Å². The maximum absolute atomic E-state index is 12.2. The minimum Gasteiger partial charge on any atom is -0.369 e. The fraction of sp³-hybridized carbons (Fsp3) is 0.542. The molecular formula is C24H32N4O. The number of piperidine rings is 1. The van der Waals surface area contributed by atoms with Crippen molar-refractivity contribution in [2.75, 3.05) is 57.3 Å². The Morgan fingerprint density at radius 1 is 0.793 bits per heavy atom. The maximum Gasteiger partial charge on any atom is 0.250 e. The number of pyridine rings is 1. The van der Waals surface area contributed by atoms with E-state index in [0.29, 0.717) is 11.8 Å². The highest BCUT2D eigenvalue weighted by atomic mass is 16.1. The van der Waals surface area contributed by atoms with Gasteiger partial charge < -0.3 is 14.4 Å². The fourth-order valence-corrected chi connectivity index (χ4v) is 5.56. The molecule has 5 heteroatoms. The molecule has 5 rings (SSSR count). The molecule has 29 heavy (non-hydrogen) atoms. The van der Waals surface area contributed by atoms with E-state index in [1.165, 1.54) is 37.3 Å². The SMILES string of the molecule is O=c1cccc2n1CC1CC2CN(CCCN2CCN(c3ccccc3)CC2)C1. The Balaban J connectivity index is 1.09. The molecule has 2 aromatic rings. The summed E-state index contributed by atoms with van der Waals surface area (Å²) in [6.07, 6.45) is 2.49.